The molecule has 0 spiro atoms. The minimum atomic E-state index is -3.65. The smallest absolute Gasteiger partial charge is 0.251 e. The summed E-state index contributed by atoms with van der Waals surface area (Å²) in [6.45, 7) is 0.776. The molecule has 0 unspecified atom stereocenters. The lowest BCUT2D eigenvalue weighted by molar-refractivity contribution is -0.127. The normalized spacial score (nSPS) is 17.3. The van der Waals surface area contributed by atoms with Gasteiger partial charge >= 0.3 is 0 Å². The minimum Gasteiger partial charge on any atom is -0.377 e. The fraction of sp³-hybridized carbons (Fsp3) is 0.500. The number of benzene rings is 1. The molecule has 8 nitrogen and oxygen atoms in total. The zero-order valence-corrected chi connectivity index (χ0v) is 15.1. The molecule has 0 aliphatic carbocycles. The monoisotopic (exact) mass is 369 g/mol. The number of carbonyl (C=O) groups excluding carboxylic acids is 2. The lowest BCUT2D eigenvalue weighted by Gasteiger charge is -2.12. The van der Waals surface area contributed by atoms with Crippen LogP contribution in [0.25, 0.3) is 0 Å². The first kappa shape index (κ1) is 19.4. The Morgan fingerprint density at radius 1 is 1.24 bits per heavy atom. The van der Waals surface area contributed by atoms with Crippen molar-refractivity contribution in [3.8, 4) is 0 Å². The molecule has 0 saturated carbocycles. The molecule has 9 heteroatoms. The summed E-state index contributed by atoms with van der Waals surface area (Å²) >= 11 is 0. The van der Waals surface area contributed by atoms with Gasteiger partial charge in [-0.1, -0.05) is 0 Å². The minimum absolute atomic E-state index is 0.0754. The molecule has 1 saturated heterocycles. The van der Waals surface area contributed by atoms with Gasteiger partial charge in [-0.3, -0.25) is 9.59 Å². The Balaban J connectivity index is 1.93. The SMILES string of the molecule is CN(C)C(=O)CNC(=O)c1ccc(S(=O)(=O)NC[C@H]2CCCO2)cc1. The number of nitrogens with one attached hydrogen (secondary N) is 2. The van der Waals surface area contributed by atoms with Gasteiger partial charge in [-0.25, -0.2) is 13.1 Å². The molecule has 138 valence electrons. The van der Waals surface area contributed by atoms with E-state index in [9.17, 15) is 18.0 Å². The average molecular weight is 369 g/mol. The number of sulfonamides is 1. The molecule has 1 aliphatic heterocycles. The zero-order valence-electron chi connectivity index (χ0n) is 14.3. The van der Waals surface area contributed by atoms with Crippen molar-refractivity contribution in [2.75, 3.05) is 33.8 Å². The largest absolute Gasteiger partial charge is 0.377 e. The van der Waals surface area contributed by atoms with Crippen molar-refractivity contribution in [2.24, 2.45) is 0 Å². The Labute approximate surface area is 147 Å². The second-order valence-corrected chi connectivity index (χ2v) is 7.75. The van der Waals surface area contributed by atoms with Crippen LogP contribution in [-0.4, -0.2) is 65.0 Å². The number of hydrogen-bond acceptors (Lipinski definition) is 5. The molecule has 2 N–H and O–H groups in total. The van der Waals surface area contributed by atoms with Crippen LogP contribution in [0.4, 0.5) is 0 Å². The summed E-state index contributed by atoms with van der Waals surface area (Å²) in [6, 6.07) is 5.55. The van der Waals surface area contributed by atoms with E-state index in [1.165, 1.54) is 29.2 Å². The quantitative estimate of drug-likeness (QED) is 0.702. The van der Waals surface area contributed by atoms with Crippen molar-refractivity contribution in [3.05, 3.63) is 29.8 Å². The third-order valence-corrected chi connectivity index (χ3v) is 5.29. The zero-order chi connectivity index (χ0) is 18.4. The number of rotatable bonds is 7. The van der Waals surface area contributed by atoms with E-state index in [0.29, 0.717) is 6.61 Å². The van der Waals surface area contributed by atoms with E-state index in [1.54, 1.807) is 14.1 Å². The summed E-state index contributed by atoms with van der Waals surface area (Å²) in [5.41, 5.74) is 0.282. The second kappa shape index (κ2) is 8.41. The summed E-state index contributed by atoms with van der Waals surface area (Å²) in [4.78, 5) is 24.9. The Kier molecular flexibility index (Phi) is 6.51. The first-order valence-corrected chi connectivity index (χ1v) is 9.47. The fourth-order valence-electron chi connectivity index (χ4n) is 2.29. The lowest BCUT2D eigenvalue weighted by Crippen LogP contribution is -2.36. The van der Waals surface area contributed by atoms with E-state index in [2.05, 4.69) is 10.0 Å². The van der Waals surface area contributed by atoms with Gasteiger partial charge in [-0.15, -0.1) is 0 Å². The van der Waals surface area contributed by atoms with Gasteiger partial charge in [-0.05, 0) is 37.1 Å². The number of likely N-dealkylation sites (N-methyl/N-ethyl adjacent to an activating group) is 1. The number of nitrogens with zero attached hydrogens (tertiary/aromatic N) is 1. The summed E-state index contributed by atoms with van der Waals surface area (Å²) in [5.74, 6) is -0.669. The molecule has 0 bridgehead atoms. The van der Waals surface area contributed by atoms with E-state index < -0.39 is 15.9 Å². The van der Waals surface area contributed by atoms with Crippen LogP contribution in [0.5, 0.6) is 0 Å². The highest BCUT2D eigenvalue weighted by atomic mass is 32.2. The van der Waals surface area contributed by atoms with Gasteiger partial charge in [0.2, 0.25) is 15.9 Å². The molecule has 1 fully saturated rings. The third-order valence-electron chi connectivity index (χ3n) is 3.85. The van der Waals surface area contributed by atoms with Gasteiger partial charge in [0.15, 0.2) is 0 Å². The van der Waals surface area contributed by atoms with Gasteiger partial charge in [0.1, 0.15) is 0 Å². The molecule has 2 amide bonds. The first-order chi connectivity index (χ1) is 11.8. The van der Waals surface area contributed by atoms with Crippen LogP contribution >= 0.6 is 0 Å². The highest BCUT2D eigenvalue weighted by Gasteiger charge is 2.20. The summed E-state index contributed by atoms with van der Waals surface area (Å²) in [6.07, 6.45) is 1.69. The summed E-state index contributed by atoms with van der Waals surface area (Å²) < 4.78 is 32.4. The molecule has 1 atom stereocenters. The second-order valence-electron chi connectivity index (χ2n) is 5.98. The van der Waals surface area contributed by atoms with Crippen LogP contribution in [0.2, 0.25) is 0 Å². The Morgan fingerprint density at radius 2 is 1.92 bits per heavy atom. The van der Waals surface area contributed by atoms with E-state index in [-0.39, 0.29) is 35.6 Å². The molecule has 1 aromatic carbocycles. The van der Waals surface area contributed by atoms with Gasteiger partial charge < -0.3 is 15.0 Å². The molecule has 1 aliphatic rings. The molecular formula is C16H23N3O5S. The number of amides is 2. The van der Waals surface area contributed by atoms with Crippen molar-refractivity contribution < 1.29 is 22.7 Å². The van der Waals surface area contributed by atoms with Gasteiger partial charge in [0.05, 0.1) is 17.5 Å². The molecule has 25 heavy (non-hydrogen) atoms. The molecule has 2 rings (SSSR count). The van der Waals surface area contributed by atoms with Gasteiger partial charge in [-0.2, -0.15) is 0 Å². The summed E-state index contributed by atoms with van der Waals surface area (Å²) in [7, 11) is -0.460. The van der Waals surface area contributed by atoms with Crippen molar-refractivity contribution in [1.29, 1.82) is 0 Å². The third kappa shape index (κ3) is 5.52. The molecule has 0 aromatic heterocycles. The Bertz CT molecular complexity index is 710. The van der Waals surface area contributed by atoms with E-state index in [0.717, 1.165) is 12.8 Å². The van der Waals surface area contributed by atoms with Crippen LogP contribution in [0.1, 0.15) is 23.2 Å². The maximum atomic E-state index is 12.2. The van der Waals surface area contributed by atoms with Crippen LogP contribution in [0, 0.1) is 0 Å². The Hall–Kier alpha value is -1.97. The highest BCUT2D eigenvalue weighted by Crippen LogP contribution is 2.14. The molecule has 0 radical (unpaired) electrons. The maximum absolute atomic E-state index is 12.2. The first-order valence-electron chi connectivity index (χ1n) is 7.99. The van der Waals surface area contributed by atoms with E-state index in [1.807, 2.05) is 0 Å². The van der Waals surface area contributed by atoms with E-state index in [4.69, 9.17) is 4.74 Å². The molecule has 1 aromatic rings. The predicted molar refractivity (Wildman–Crippen MR) is 91.6 cm³/mol. The predicted octanol–water partition coefficient (Wildman–Crippen LogP) is -0.0381. The maximum Gasteiger partial charge on any atom is 0.251 e. The van der Waals surface area contributed by atoms with Crippen molar-refractivity contribution >= 4 is 21.8 Å². The van der Waals surface area contributed by atoms with Crippen LogP contribution < -0.4 is 10.0 Å². The van der Waals surface area contributed by atoms with Crippen LogP contribution in [0.15, 0.2) is 29.2 Å². The van der Waals surface area contributed by atoms with Crippen molar-refractivity contribution in [1.82, 2.24) is 14.9 Å². The Morgan fingerprint density at radius 3 is 2.48 bits per heavy atom. The van der Waals surface area contributed by atoms with Crippen molar-refractivity contribution in [3.63, 3.8) is 0 Å². The van der Waals surface area contributed by atoms with Crippen LogP contribution in [-0.2, 0) is 19.6 Å². The fourth-order valence-corrected chi connectivity index (χ4v) is 3.36. The number of hydrogen-bond donors (Lipinski definition) is 2. The van der Waals surface area contributed by atoms with Crippen molar-refractivity contribution in [2.45, 2.75) is 23.8 Å². The van der Waals surface area contributed by atoms with Crippen LogP contribution in [0.3, 0.4) is 0 Å². The van der Waals surface area contributed by atoms with Gasteiger partial charge in [0, 0.05) is 32.8 Å². The number of ether oxygens (including phenoxy) is 1. The lowest BCUT2D eigenvalue weighted by atomic mass is 10.2. The highest BCUT2D eigenvalue weighted by molar-refractivity contribution is 7.89. The van der Waals surface area contributed by atoms with Gasteiger partial charge in [0.25, 0.3) is 5.91 Å². The molecule has 1 heterocycles. The summed E-state index contributed by atoms with van der Waals surface area (Å²) in [5, 5.41) is 2.49. The standard InChI is InChI=1S/C16H23N3O5S/c1-19(2)15(20)11-17-16(21)12-5-7-14(8-6-12)25(22,23)18-10-13-4-3-9-24-13/h5-8,13,18H,3-4,9-11H2,1-2H3,(H,17,21)/t13-/m1/s1. The average Bonchev–Trinajstić information content (AvgIpc) is 3.11. The number of carbonyl (C=O) groups is 2. The molecular weight excluding hydrogens is 346 g/mol. The topological polar surface area (TPSA) is 105 Å². The van der Waals surface area contributed by atoms with E-state index >= 15 is 0 Å².